The first-order valence-corrected chi connectivity index (χ1v) is 7.26. The van der Waals surface area contributed by atoms with Gasteiger partial charge in [0.05, 0.1) is 6.61 Å². The van der Waals surface area contributed by atoms with Crippen molar-refractivity contribution in [2.45, 2.75) is 37.8 Å². The summed E-state index contributed by atoms with van der Waals surface area (Å²) in [5, 5.41) is 11.3. The van der Waals surface area contributed by atoms with E-state index in [2.05, 4.69) is 0 Å². The van der Waals surface area contributed by atoms with Crippen LogP contribution in [-0.2, 0) is 4.74 Å². The van der Waals surface area contributed by atoms with E-state index in [0.717, 1.165) is 15.2 Å². The molecule has 0 bridgehead atoms. The molecule has 0 atom stereocenters. The van der Waals surface area contributed by atoms with Crippen LogP contribution in [-0.4, -0.2) is 25.1 Å². The third kappa shape index (κ3) is 6.00. The molecule has 1 aromatic rings. The first-order chi connectivity index (χ1) is 9.31. The Labute approximate surface area is 120 Å². The molecule has 0 saturated heterocycles. The summed E-state index contributed by atoms with van der Waals surface area (Å²) in [7, 11) is 0. The van der Waals surface area contributed by atoms with E-state index in [4.69, 9.17) is 4.74 Å². The van der Waals surface area contributed by atoms with Crippen LogP contribution < -0.4 is 4.73 Å². The molecule has 1 aromatic heterocycles. The van der Waals surface area contributed by atoms with E-state index >= 15 is 0 Å². The van der Waals surface area contributed by atoms with Crippen LogP contribution >= 0.6 is 11.8 Å². The van der Waals surface area contributed by atoms with Crippen LogP contribution in [0.15, 0.2) is 17.2 Å². The number of thioether (sulfide) groups is 1. The minimum atomic E-state index is -4.11. The van der Waals surface area contributed by atoms with Gasteiger partial charge in [0.15, 0.2) is 11.9 Å². The number of pyridine rings is 1. The Kier molecular flexibility index (Phi) is 6.61. The van der Waals surface area contributed by atoms with Crippen molar-refractivity contribution >= 4 is 11.8 Å². The largest absolute Gasteiger partial charge is 0.619 e. The molecule has 0 aliphatic heterocycles. The van der Waals surface area contributed by atoms with Crippen LogP contribution in [0.25, 0.3) is 0 Å². The van der Waals surface area contributed by atoms with Crippen molar-refractivity contribution in [1.29, 1.82) is 0 Å². The lowest BCUT2D eigenvalue weighted by Gasteiger charge is -2.09. The average Bonchev–Trinajstić information content (AvgIpc) is 2.36. The standard InChI is InChI=1S/C13H18F3NO2S/c1-10-11(2)17(18)6-4-12(10)20-9-8-19-7-3-5-13(14,15)16/h4,6H,3,5,7-9H2,1-2H3. The predicted octanol–water partition coefficient (Wildman–Crippen LogP) is 3.39. The number of alkyl halides is 3. The fraction of sp³-hybridized carbons (Fsp3) is 0.615. The summed E-state index contributed by atoms with van der Waals surface area (Å²) >= 11 is 1.53. The highest BCUT2D eigenvalue weighted by atomic mass is 32.2. The molecule has 114 valence electrons. The van der Waals surface area contributed by atoms with Crippen LogP contribution in [0.4, 0.5) is 13.2 Å². The third-order valence-corrected chi connectivity index (χ3v) is 3.96. The molecule has 0 saturated carbocycles. The Morgan fingerprint density at radius 2 is 2.00 bits per heavy atom. The average molecular weight is 309 g/mol. The first-order valence-electron chi connectivity index (χ1n) is 6.28. The summed E-state index contributed by atoms with van der Waals surface area (Å²) in [5.74, 6) is 0.648. The van der Waals surface area contributed by atoms with Crippen LogP contribution in [0.3, 0.4) is 0 Å². The summed E-state index contributed by atoms with van der Waals surface area (Å²) in [6, 6.07) is 1.74. The van der Waals surface area contributed by atoms with Crippen molar-refractivity contribution in [2.24, 2.45) is 0 Å². The van der Waals surface area contributed by atoms with Crippen molar-refractivity contribution in [2.75, 3.05) is 19.0 Å². The fourth-order valence-corrected chi connectivity index (χ4v) is 2.50. The maximum absolute atomic E-state index is 11.9. The highest BCUT2D eigenvalue weighted by Crippen LogP contribution is 2.23. The van der Waals surface area contributed by atoms with Gasteiger partial charge in [0.1, 0.15) is 0 Å². The quantitative estimate of drug-likeness (QED) is 0.335. The van der Waals surface area contributed by atoms with Crippen LogP contribution in [0.1, 0.15) is 24.1 Å². The van der Waals surface area contributed by atoms with E-state index in [9.17, 15) is 18.4 Å². The molecule has 3 nitrogen and oxygen atoms in total. The molecule has 0 spiro atoms. The minimum absolute atomic E-state index is 0.00613. The second-order valence-corrected chi connectivity index (χ2v) is 5.53. The number of ether oxygens (including phenoxy) is 1. The van der Waals surface area contributed by atoms with E-state index < -0.39 is 12.6 Å². The Balaban J connectivity index is 2.21. The van der Waals surface area contributed by atoms with Gasteiger partial charge in [-0.3, -0.25) is 0 Å². The zero-order valence-electron chi connectivity index (χ0n) is 11.5. The summed E-state index contributed by atoms with van der Waals surface area (Å²) in [4.78, 5) is 0.994. The molecule has 0 N–H and O–H groups in total. The monoisotopic (exact) mass is 309 g/mol. The van der Waals surface area contributed by atoms with Crippen LogP contribution in [0.2, 0.25) is 0 Å². The van der Waals surface area contributed by atoms with Gasteiger partial charge in [-0.1, -0.05) is 0 Å². The van der Waals surface area contributed by atoms with Crippen LogP contribution in [0.5, 0.6) is 0 Å². The number of hydrogen-bond acceptors (Lipinski definition) is 3. The number of nitrogens with zero attached hydrogens (tertiary/aromatic N) is 1. The SMILES string of the molecule is Cc1c(SCCOCCCC(F)(F)F)cc[n+]([O-])c1C. The topological polar surface area (TPSA) is 36.2 Å². The molecule has 1 heterocycles. The van der Waals surface area contributed by atoms with Crippen molar-refractivity contribution in [3.05, 3.63) is 28.7 Å². The lowest BCUT2D eigenvalue weighted by Crippen LogP contribution is -2.30. The van der Waals surface area contributed by atoms with Gasteiger partial charge in [-0.2, -0.15) is 17.9 Å². The molecular formula is C13H18F3NO2S. The minimum Gasteiger partial charge on any atom is -0.619 e. The molecule has 0 unspecified atom stereocenters. The van der Waals surface area contributed by atoms with Crippen molar-refractivity contribution in [3.8, 4) is 0 Å². The number of aromatic nitrogens is 1. The van der Waals surface area contributed by atoms with Crippen molar-refractivity contribution < 1.29 is 22.6 Å². The highest BCUT2D eigenvalue weighted by Gasteiger charge is 2.25. The molecule has 0 aliphatic rings. The summed E-state index contributed by atoms with van der Waals surface area (Å²) in [6.07, 6.45) is -3.46. The van der Waals surface area contributed by atoms with E-state index in [1.54, 1.807) is 13.0 Å². The second kappa shape index (κ2) is 7.73. The van der Waals surface area contributed by atoms with Gasteiger partial charge in [0.2, 0.25) is 0 Å². The lowest BCUT2D eigenvalue weighted by molar-refractivity contribution is -0.613. The summed E-state index contributed by atoms with van der Waals surface area (Å²) in [5.41, 5.74) is 1.57. The van der Waals surface area contributed by atoms with Gasteiger partial charge in [-0.05, 0) is 13.3 Å². The number of halogens is 3. The number of hydrogen-bond donors (Lipinski definition) is 0. The molecule has 7 heteroatoms. The lowest BCUT2D eigenvalue weighted by atomic mass is 10.2. The summed E-state index contributed by atoms with van der Waals surface area (Å²) in [6.45, 7) is 4.14. The maximum Gasteiger partial charge on any atom is 0.389 e. The molecule has 1 rings (SSSR count). The Morgan fingerprint density at radius 3 is 2.65 bits per heavy atom. The van der Waals surface area contributed by atoms with Gasteiger partial charge in [0.25, 0.3) is 0 Å². The van der Waals surface area contributed by atoms with Crippen molar-refractivity contribution in [3.63, 3.8) is 0 Å². The second-order valence-electron chi connectivity index (χ2n) is 4.40. The van der Waals surface area contributed by atoms with E-state index in [-0.39, 0.29) is 13.0 Å². The van der Waals surface area contributed by atoms with E-state index in [1.165, 1.54) is 18.0 Å². The molecule has 0 aliphatic carbocycles. The molecule has 0 fully saturated rings. The summed E-state index contributed by atoms with van der Waals surface area (Å²) < 4.78 is 41.6. The van der Waals surface area contributed by atoms with Gasteiger partial charge in [-0.25, -0.2) is 0 Å². The first kappa shape index (κ1) is 17.1. The smallest absolute Gasteiger partial charge is 0.389 e. The number of rotatable bonds is 7. The maximum atomic E-state index is 11.9. The van der Waals surface area contributed by atoms with Gasteiger partial charge < -0.3 is 9.94 Å². The van der Waals surface area contributed by atoms with Crippen molar-refractivity contribution in [1.82, 2.24) is 0 Å². The molecule has 0 aromatic carbocycles. The van der Waals surface area contributed by atoms with Gasteiger partial charge >= 0.3 is 6.18 Å². The molecular weight excluding hydrogens is 291 g/mol. The predicted molar refractivity (Wildman–Crippen MR) is 71.7 cm³/mol. The van der Waals surface area contributed by atoms with E-state index in [0.29, 0.717) is 18.1 Å². The molecule has 0 radical (unpaired) electrons. The third-order valence-electron chi connectivity index (χ3n) is 2.84. The Morgan fingerprint density at radius 1 is 1.30 bits per heavy atom. The Bertz CT molecular complexity index is 438. The van der Waals surface area contributed by atoms with Crippen LogP contribution in [0, 0.1) is 19.1 Å². The zero-order chi connectivity index (χ0) is 15.2. The fourth-order valence-electron chi connectivity index (χ4n) is 1.56. The molecule has 0 amide bonds. The normalized spacial score (nSPS) is 11.8. The zero-order valence-corrected chi connectivity index (χ0v) is 12.3. The molecule has 20 heavy (non-hydrogen) atoms. The van der Waals surface area contributed by atoms with Gasteiger partial charge in [0, 0.05) is 42.2 Å². The van der Waals surface area contributed by atoms with E-state index in [1.807, 2.05) is 6.92 Å². The highest BCUT2D eigenvalue weighted by molar-refractivity contribution is 7.99. The Hall–Kier alpha value is -0.950. The van der Waals surface area contributed by atoms with Gasteiger partial charge in [-0.15, -0.1) is 11.8 Å².